The van der Waals surface area contributed by atoms with Gasteiger partial charge in [0.05, 0.1) is 6.04 Å². The van der Waals surface area contributed by atoms with Crippen LogP contribution >= 0.6 is 0 Å². The van der Waals surface area contributed by atoms with Gasteiger partial charge in [0.1, 0.15) is 0 Å². The average Bonchev–Trinajstić information content (AvgIpc) is 2.32. The summed E-state index contributed by atoms with van der Waals surface area (Å²) >= 11 is 0. The molecule has 1 unspecified atom stereocenters. The number of anilines is 1. The van der Waals surface area contributed by atoms with Crippen molar-refractivity contribution in [3.63, 3.8) is 0 Å². The van der Waals surface area contributed by atoms with Gasteiger partial charge < -0.3 is 11.5 Å². The minimum Gasteiger partial charge on any atom is -0.398 e. The zero-order valence-electron chi connectivity index (χ0n) is 10.4. The van der Waals surface area contributed by atoms with Crippen LogP contribution in [-0.2, 0) is 17.8 Å². The highest BCUT2D eigenvalue weighted by Crippen LogP contribution is 2.27. The maximum Gasteiger partial charge on any atom is 0.234 e. The number of aryl methyl sites for hydroxylation is 1. The molecule has 1 amide bonds. The van der Waals surface area contributed by atoms with Crippen molar-refractivity contribution in [2.75, 3.05) is 12.3 Å². The first-order valence-corrected chi connectivity index (χ1v) is 5.91. The fourth-order valence-electron chi connectivity index (χ4n) is 2.33. The second-order valence-electron chi connectivity index (χ2n) is 4.73. The van der Waals surface area contributed by atoms with Crippen LogP contribution in [0.4, 0.5) is 5.69 Å². The Balaban J connectivity index is 2.26. The summed E-state index contributed by atoms with van der Waals surface area (Å²) in [7, 11) is 0. The van der Waals surface area contributed by atoms with Crippen molar-refractivity contribution >= 4 is 11.6 Å². The third-order valence-electron chi connectivity index (χ3n) is 3.65. The summed E-state index contributed by atoms with van der Waals surface area (Å²) in [6.45, 7) is 5.47. The molecule has 1 atom stereocenters. The number of nitrogen functional groups attached to an aromatic ring is 1. The van der Waals surface area contributed by atoms with Crippen molar-refractivity contribution in [1.29, 1.82) is 0 Å². The van der Waals surface area contributed by atoms with Gasteiger partial charge in [-0.15, -0.1) is 0 Å². The average molecular weight is 233 g/mol. The minimum atomic E-state index is -0.270. The molecule has 1 aliphatic rings. The summed E-state index contributed by atoms with van der Waals surface area (Å²) in [5, 5.41) is 0. The Labute approximate surface area is 102 Å². The molecule has 4 nitrogen and oxygen atoms in total. The Morgan fingerprint density at radius 1 is 1.47 bits per heavy atom. The van der Waals surface area contributed by atoms with Gasteiger partial charge in [0, 0.05) is 18.8 Å². The third-order valence-corrected chi connectivity index (χ3v) is 3.65. The molecule has 1 aromatic carbocycles. The number of nitrogens with two attached hydrogens (primary N) is 2. The van der Waals surface area contributed by atoms with Crippen LogP contribution in [0, 0.1) is 6.92 Å². The van der Waals surface area contributed by atoms with E-state index >= 15 is 0 Å². The first-order valence-electron chi connectivity index (χ1n) is 5.91. The Bertz CT molecular complexity index is 456. The van der Waals surface area contributed by atoms with Gasteiger partial charge in [-0.25, -0.2) is 0 Å². The summed E-state index contributed by atoms with van der Waals surface area (Å²) in [5.74, 6) is -0.270. The van der Waals surface area contributed by atoms with Crippen molar-refractivity contribution in [1.82, 2.24) is 4.90 Å². The van der Waals surface area contributed by atoms with Crippen molar-refractivity contribution < 1.29 is 4.79 Å². The van der Waals surface area contributed by atoms with E-state index in [9.17, 15) is 4.79 Å². The van der Waals surface area contributed by atoms with Crippen molar-refractivity contribution in [2.24, 2.45) is 5.73 Å². The van der Waals surface area contributed by atoms with E-state index in [1.54, 1.807) is 0 Å². The van der Waals surface area contributed by atoms with E-state index in [4.69, 9.17) is 11.5 Å². The molecule has 1 heterocycles. The van der Waals surface area contributed by atoms with E-state index in [1.807, 2.05) is 19.9 Å². The normalized spacial score (nSPS) is 17.5. The first kappa shape index (κ1) is 11.9. The second kappa shape index (κ2) is 4.37. The number of primary amides is 1. The lowest BCUT2D eigenvalue weighted by Crippen LogP contribution is -2.45. The Morgan fingerprint density at radius 3 is 2.82 bits per heavy atom. The summed E-state index contributed by atoms with van der Waals surface area (Å²) in [6.07, 6.45) is 0.889. The van der Waals surface area contributed by atoms with E-state index in [-0.39, 0.29) is 11.9 Å². The summed E-state index contributed by atoms with van der Waals surface area (Å²) in [5.41, 5.74) is 15.9. The predicted molar refractivity (Wildman–Crippen MR) is 68.4 cm³/mol. The third kappa shape index (κ3) is 2.13. The SMILES string of the molecule is Cc1ccc2c(c1N)CCN(C(C)C(N)=O)C2. The highest BCUT2D eigenvalue weighted by molar-refractivity contribution is 5.79. The van der Waals surface area contributed by atoms with Crippen LogP contribution in [-0.4, -0.2) is 23.4 Å². The molecule has 0 radical (unpaired) electrons. The number of hydrogen-bond donors (Lipinski definition) is 2. The van der Waals surface area contributed by atoms with Crippen LogP contribution in [0.1, 0.15) is 23.6 Å². The smallest absolute Gasteiger partial charge is 0.234 e. The van der Waals surface area contributed by atoms with Crippen molar-refractivity contribution in [3.8, 4) is 0 Å². The zero-order valence-corrected chi connectivity index (χ0v) is 10.4. The van der Waals surface area contributed by atoms with Gasteiger partial charge in [-0.05, 0) is 37.0 Å². The Hall–Kier alpha value is -1.55. The lowest BCUT2D eigenvalue weighted by Gasteiger charge is -2.32. The van der Waals surface area contributed by atoms with Gasteiger partial charge >= 0.3 is 0 Å². The van der Waals surface area contributed by atoms with E-state index in [2.05, 4.69) is 11.0 Å². The fourth-order valence-corrected chi connectivity index (χ4v) is 2.33. The molecule has 0 spiro atoms. The highest BCUT2D eigenvalue weighted by Gasteiger charge is 2.24. The second-order valence-corrected chi connectivity index (χ2v) is 4.73. The fraction of sp³-hybridized carbons (Fsp3) is 0.462. The number of hydrogen-bond acceptors (Lipinski definition) is 3. The van der Waals surface area contributed by atoms with Crippen LogP contribution in [0.25, 0.3) is 0 Å². The number of carbonyl (C=O) groups is 1. The quantitative estimate of drug-likeness (QED) is 0.742. The van der Waals surface area contributed by atoms with E-state index < -0.39 is 0 Å². The first-order chi connectivity index (χ1) is 8.00. The maximum absolute atomic E-state index is 11.2. The minimum absolute atomic E-state index is 0.217. The molecule has 2 rings (SSSR count). The van der Waals surface area contributed by atoms with Gasteiger partial charge in [-0.2, -0.15) is 0 Å². The van der Waals surface area contributed by atoms with Crippen molar-refractivity contribution in [3.05, 3.63) is 28.8 Å². The molecule has 0 bridgehead atoms. The number of carbonyl (C=O) groups excluding carboxylic acids is 1. The molecule has 0 aromatic heterocycles. The molecule has 1 aromatic rings. The van der Waals surface area contributed by atoms with Crippen LogP contribution in [0.2, 0.25) is 0 Å². The summed E-state index contributed by atoms with van der Waals surface area (Å²) < 4.78 is 0. The lowest BCUT2D eigenvalue weighted by atomic mass is 9.94. The number of fused-ring (bicyclic) bond motifs is 1. The van der Waals surface area contributed by atoms with Crippen LogP contribution in [0.15, 0.2) is 12.1 Å². The number of nitrogens with zero attached hydrogens (tertiary/aromatic N) is 1. The molecule has 0 aliphatic carbocycles. The number of benzene rings is 1. The number of amides is 1. The molecular weight excluding hydrogens is 214 g/mol. The summed E-state index contributed by atoms with van der Waals surface area (Å²) in [6, 6.07) is 3.92. The van der Waals surface area contributed by atoms with Crippen LogP contribution in [0.3, 0.4) is 0 Å². The molecule has 92 valence electrons. The number of rotatable bonds is 2. The van der Waals surface area contributed by atoms with Gasteiger partial charge in [-0.3, -0.25) is 9.69 Å². The molecule has 4 N–H and O–H groups in total. The van der Waals surface area contributed by atoms with E-state index in [0.29, 0.717) is 0 Å². The Kier molecular flexibility index (Phi) is 3.07. The molecule has 0 saturated heterocycles. The molecule has 1 aliphatic heterocycles. The largest absolute Gasteiger partial charge is 0.398 e. The van der Waals surface area contributed by atoms with Gasteiger partial charge in [-0.1, -0.05) is 12.1 Å². The standard InChI is InChI=1S/C13H19N3O/c1-8-3-4-10-7-16(9(2)13(15)17)6-5-11(10)12(8)14/h3-4,9H,5-7,14H2,1-2H3,(H2,15,17). The zero-order chi connectivity index (χ0) is 12.6. The topological polar surface area (TPSA) is 72.3 Å². The highest BCUT2D eigenvalue weighted by atomic mass is 16.1. The molecule has 17 heavy (non-hydrogen) atoms. The van der Waals surface area contributed by atoms with E-state index in [0.717, 1.165) is 30.8 Å². The van der Waals surface area contributed by atoms with Gasteiger partial charge in [0.25, 0.3) is 0 Å². The van der Waals surface area contributed by atoms with E-state index in [1.165, 1.54) is 11.1 Å². The molecule has 4 heteroatoms. The summed E-state index contributed by atoms with van der Waals surface area (Å²) in [4.78, 5) is 13.3. The van der Waals surface area contributed by atoms with Crippen LogP contribution < -0.4 is 11.5 Å². The Morgan fingerprint density at radius 2 is 2.18 bits per heavy atom. The maximum atomic E-state index is 11.2. The van der Waals surface area contributed by atoms with Crippen LogP contribution in [0.5, 0.6) is 0 Å². The molecule has 0 fully saturated rings. The molecular formula is C13H19N3O. The van der Waals surface area contributed by atoms with Gasteiger partial charge in [0.15, 0.2) is 0 Å². The predicted octanol–water partition coefficient (Wildman–Crippen LogP) is 0.809. The van der Waals surface area contributed by atoms with Crippen molar-refractivity contribution in [2.45, 2.75) is 32.9 Å². The van der Waals surface area contributed by atoms with Gasteiger partial charge in [0.2, 0.25) is 5.91 Å². The monoisotopic (exact) mass is 233 g/mol. The lowest BCUT2D eigenvalue weighted by molar-refractivity contribution is -0.123. The molecule has 0 saturated carbocycles.